The summed E-state index contributed by atoms with van der Waals surface area (Å²) in [5, 5.41) is 8.50. The van der Waals surface area contributed by atoms with Crippen LogP contribution in [-0.4, -0.2) is 16.3 Å². The maximum Gasteiger partial charge on any atom is 0.0832 e. The largest absolute Gasteiger partial charge is 0.311 e. The van der Waals surface area contributed by atoms with Gasteiger partial charge in [0.15, 0.2) is 0 Å². The first-order valence-corrected chi connectivity index (χ1v) is 7.08. The SMILES string of the molecule is CCCNCc1ccn(-c2ccc(Br)cc2Cl)n1. The van der Waals surface area contributed by atoms with Crippen LogP contribution in [0.4, 0.5) is 0 Å². The minimum Gasteiger partial charge on any atom is -0.311 e. The second-order valence-electron chi connectivity index (χ2n) is 4.02. The molecule has 0 unspecified atom stereocenters. The minimum absolute atomic E-state index is 0.681. The van der Waals surface area contributed by atoms with Crippen molar-refractivity contribution < 1.29 is 0 Å². The zero-order valence-corrected chi connectivity index (χ0v) is 12.5. The number of nitrogens with zero attached hydrogens (tertiary/aromatic N) is 2. The van der Waals surface area contributed by atoms with E-state index in [1.165, 1.54) is 0 Å². The lowest BCUT2D eigenvalue weighted by molar-refractivity contribution is 0.656. The Labute approximate surface area is 120 Å². The van der Waals surface area contributed by atoms with E-state index in [0.717, 1.165) is 35.4 Å². The molecule has 0 spiro atoms. The smallest absolute Gasteiger partial charge is 0.0832 e. The molecule has 0 saturated heterocycles. The molecule has 0 aliphatic carbocycles. The molecule has 0 aliphatic heterocycles. The second-order valence-corrected chi connectivity index (χ2v) is 5.35. The van der Waals surface area contributed by atoms with Crippen LogP contribution in [0.25, 0.3) is 5.69 Å². The topological polar surface area (TPSA) is 29.9 Å². The maximum absolute atomic E-state index is 6.19. The summed E-state index contributed by atoms with van der Waals surface area (Å²) in [5.74, 6) is 0. The molecule has 1 heterocycles. The molecule has 0 radical (unpaired) electrons. The van der Waals surface area contributed by atoms with Crippen LogP contribution in [-0.2, 0) is 6.54 Å². The molecular formula is C13H15BrClN3. The highest BCUT2D eigenvalue weighted by Gasteiger charge is 2.05. The molecule has 1 aromatic heterocycles. The first-order valence-electron chi connectivity index (χ1n) is 5.91. The molecule has 1 N–H and O–H groups in total. The standard InChI is InChI=1S/C13H15BrClN3/c1-2-6-16-9-11-5-7-18(17-11)13-4-3-10(14)8-12(13)15/h3-5,7-8,16H,2,6,9H2,1H3. The van der Waals surface area contributed by atoms with Gasteiger partial charge >= 0.3 is 0 Å². The number of hydrogen-bond acceptors (Lipinski definition) is 2. The van der Waals surface area contributed by atoms with Crippen molar-refractivity contribution in [3.8, 4) is 5.69 Å². The lowest BCUT2D eigenvalue weighted by atomic mass is 10.3. The summed E-state index contributed by atoms with van der Waals surface area (Å²) in [6.07, 6.45) is 3.05. The van der Waals surface area contributed by atoms with Gasteiger partial charge in [-0.2, -0.15) is 5.10 Å². The van der Waals surface area contributed by atoms with Crippen molar-refractivity contribution in [3.63, 3.8) is 0 Å². The van der Waals surface area contributed by atoms with Gasteiger partial charge in [-0.3, -0.25) is 0 Å². The number of halogens is 2. The number of rotatable bonds is 5. The van der Waals surface area contributed by atoms with Gasteiger partial charge in [0, 0.05) is 17.2 Å². The van der Waals surface area contributed by atoms with Crippen molar-refractivity contribution in [3.05, 3.63) is 45.7 Å². The van der Waals surface area contributed by atoms with Crippen LogP contribution in [0.1, 0.15) is 19.0 Å². The molecule has 3 nitrogen and oxygen atoms in total. The van der Waals surface area contributed by atoms with E-state index in [0.29, 0.717) is 5.02 Å². The molecule has 2 aromatic rings. The fourth-order valence-electron chi connectivity index (χ4n) is 1.65. The van der Waals surface area contributed by atoms with Crippen LogP contribution in [0.15, 0.2) is 34.9 Å². The van der Waals surface area contributed by atoms with Gasteiger partial charge in [0.05, 0.1) is 16.4 Å². The number of benzene rings is 1. The van der Waals surface area contributed by atoms with Gasteiger partial charge in [-0.25, -0.2) is 4.68 Å². The lowest BCUT2D eigenvalue weighted by Crippen LogP contribution is -2.14. The summed E-state index contributed by atoms with van der Waals surface area (Å²) in [6, 6.07) is 7.77. The van der Waals surface area contributed by atoms with Gasteiger partial charge in [-0.15, -0.1) is 0 Å². The van der Waals surface area contributed by atoms with Crippen molar-refractivity contribution in [2.24, 2.45) is 0 Å². The van der Waals surface area contributed by atoms with Gasteiger partial charge in [0.25, 0.3) is 0 Å². The summed E-state index contributed by atoms with van der Waals surface area (Å²) in [5.41, 5.74) is 1.91. The van der Waals surface area contributed by atoms with Crippen molar-refractivity contribution in [2.45, 2.75) is 19.9 Å². The van der Waals surface area contributed by atoms with Crippen molar-refractivity contribution in [2.75, 3.05) is 6.54 Å². The number of nitrogens with one attached hydrogen (secondary N) is 1. The van der Waals surface area contributed by atoms with E-state index >= 15 is 0 Å². The highest BCUT2D eigenvalue weighted by molar-refractivity contribution is 9.10. The van der Waals surface area contributed by atoms with Crippen molar-refractivity contribution in [1.82, 2.24) is 15.1 Å². The molecule has 0 bridgehead atoms. The van der Waals surface area contributed by atoms with Gasteiger partial charge in [0.2, 0.25) is 0 Å². The quantitative estimate of drug-likeness (QED) is 0.846. The minimum atomic E-state index is 0.681. The van der Waals surface area contributed by atoms with E-state index < -0.39 is 0 Å². The Hall–Kier alpha value is -0.840. The van der Waals surface area contributed by atoms with Gasteiger partial charge in [-0.05, 0) is 37.2 Å². The Morgan fingerprint density at radius 2 is 2.22 bits per heavy atom. The van der Waals surface area contributed by atoms with Crippen LogP contribution >= 0.6 is 27.5 Å². The predicted molar refractivity (Wildman–Crippen MR) is 78.3 cm³/mol. The average molecular weight is 329 g/mol. The molecule has 0 fully saturated rings. The van der Waals surface area contributed by atoms with Crippen LogP contribution in [0.3, 0.4) is 0 Å². The maximum atomic E-state index is 6.19. The lowest BCUT2D eigenvalue weighted by Gasteiger charge is -2.04. The number of aromatic nitrogens is 2. The van der Waals surface area contributed by atoms with E-state index in [9.17, 15) is 0 Å². The molecule has 5 heteroatoms. The fraction of sp³-hybridized carbons (Fsp3) is 0.308. The molecule has 0 saturated carbocycles. The van der Waals surface area contributed by atoms with E-state index in [-0.39, 0.29) is 0 Å². The molecule has 0 amide bonds. The Morgan fingerprint density at radius 3 is 2.94 bits per heavy atom. The highest BCUT2D eigenvalue weighted by atomic mass is 79.9. The molecule has 96 valence electrons. The molecule has 1 aromatic carbocycles. The predicted octanol–water partition coefficient (Wildman–Crippen LogP) is 3.79. The van der Waals surface area contributed by atoms with Crippen LogP contribution in [0.5, 0.6) is 0 Å². The fourth-order valence-corrected chi connectivity index (χ4v) is 2.41. The average Bonchev–Trinajstić information content (AvgIpc) is 2.78. The first-order chi connectivity index (χ1) is 8.70. The third-order valence-electron chi connectivity index (χ3n) is 2.53. The van der Waals surface area contributed by atoms with E-state index in [2.05, 4.69) is 33.3 Å². The van der Waals surface area contributed by atoms with Crippen molar-refractivity contribution >= 4 is 27.5 Å². The molecule has 0 atom stereocenters. The Balaban J connectivity index is 2.13. The molecular weight excluding hydrogens is 314 g/mol. The third kappa shape index (κ3) is 3.34. The van der Waals surface area contributed by atoms with Gasteiger partial charge < -0.3 is 5.32 Å². The Bertz CT molecular complexity index is 525. The van der Waals surface area contributed by atoms with E-state index in [1.54, 1.807) is 4.68 Å². The van der Waals surface area contributed by atoms with Gasteiger partial charge in [-0.1, -0.05) is 34.5 Å². The summed E-state index contributed by atoms with van der Waals surface area (Å²) in [7, 11) is 0. The van der Waals surface area contributed by atoms with Crippen LogP contribution < -0.4 is 5.32 Å². The third-order valence-corrected chi connectivity index (χ3v) is 3.33. The van der Waals surface area contributed by atoms with Crippen LogP contribution in [0, 0.1) is 0 Å². The summed E-state index contributed by atoms with van der Waals surface area (Å²) in [4.78, 5) is 0. The highest BCUT2D eigenvalue weighted by Crippen LogP contribution is 2.24. The zero-order chi connectivity index (χ0) is 13.0. The summed E-state index contributed by atoms with van der Waals surface area (Å²) in [6.45, 7) is 3.94. The van der Waals surface area contributed by atoms with E-state index in [1.807, 2.05) is 30.5 Å². The molecule has 2 rings (SSSR count). The Morgan fingerprint density at radius 1 is 1.39 bits per heavy atom. The second kappa shape index (κ2) is 6.36. The summed E-state index contributed by atoms with van der Waals surface area (Å²) < 4.78 is 2.77. The zero-order valence-electron chi connectivity index (χ0n) is 10.2. The monoisotopic (exact) mass is 327 g/mol. The summed E-state index contributed by atoms with van der Waals surface area (Å²) >= 11 is 9.59. The van der Waals surface area contributed by atoms with Crippen molar-refractivity contribution in [1.29, 1.82) is 0 Å². The van der Waals surface area contributed by atoms with Crippen LogP contribution in [0.2, 0.25) is 5.02 Å². The normalized spacial score (nSPS) is 10.8. The number of hydrogen-bond donors (Lipinski definition) is 1. The van der Waals surface area contributed by atoms with E-state index in [4.69, 9.17) is 11.6 Å². The Kier molecular flexibility index (Phi) is 4.80. The molecule has 0 aliphatic rings. The van der Waals surface area contributed by atoms with Gasteiger partial charge in [0.1, 0.15) is 0 Å². The molecule has 18 heavy (non-hydrogen) atoms. The first kappa shape index (κ1) is 13.6.